The summed E-state index contributed by atoms with van der Waals surface area (Å²) in [5.74, 6) is 5.80. The zero-order valence-corrected chi connectivity index (χ0v) is 6.91. The largest absolute Gasteiger partial charge is 0.307 e. The molecule has 0 spiro atoms. The Morgan fingerprint density at radius 3 is 3.17 bits per heavy atom. The molecule has 0 unspecified atom stereocenters. The predicted molar refractivity (Wildman–Crippen MR) is 45.4 cm³/mol. The molecule has 0 aliphatic heterocycles. The molecule has 0 saturated heterocycles. The van der Waals surface area contributed by atoms with Crippen molar-refractivity contribution in [2.24, 2.45) is 10.8 Å². The number of aromatic amines is 1. The van der Waals surface area contributed by atoms with E-state index in [0.717, 1.165) is 13.0 Å². The van der Waals surface area contributed by atoms with Crippen LogP contribution < -0.4 is 11.3 Å². The highest BCUT2D eigenvalue weighted by molar-refractivity contribution is 5.96. The summed E-state index contributed by atoms with van der Waals surface area (Å²) in [4.78, 5) is 4.16. The molecule has 1 rings (SSSR count). The molecule has 1 aromatic rings. The van der Waals surface area contributed by atoms with E-state index >= 15 is 0 Å². The summed E-state index contributed by atoms with van der Waals surface area (Å²) < 4.78 is 0. The number of hydrazine groups is 1. The minimum Gasteiger partial charge on any atom is -0.307 e. The maximum atomic E-state index is 5.24. The Balaban J connectivity index is 2.69. The van der Waals surface area contributed by atoms with Gasteiger partial charge in [0.15, 0.2) is 5.84 Å². The average Bonchev–Trinajstić information content (AvgIpc) is 2.59. The van der Waals surface area contributed by atoms with Crippen LogP contribution in [0.15, 0.2) is 11.2 Å². The molecule has 6 heteroatoms. The van der Waals surface area contributed by atoms with Gasteiger partial charge >= 0.3 is 0 Å². The summed E-state index contributed by atoms with van der Waals surface area (Å²) in [6.45, 7) is 2.77. The number of nitrogens with two attached hydrogens (primary N) is 1. The summed E-state index contributed by atoms with van der Waals surface area (Å²) in [6, 6.07) is 0. The molecule has 1 aromatic heterocycles. The van der Waals surface area contributed by atoms with Gasteiger partial charge in [-0.05, 0) is 6.42 Å². The third kappa shape index (κ3) is 2.03. The first kappa shape index (κ1) is 8.66. The van der Waals surface area contributed by atoms with Crippen LogP contribution in [0.5, 0.6) is 0 Å². The van der Waals surface area contributed by atoms with Crippen LogP contribution in [-0.2, 0) is 0 Å². The Morgan fingerprint density at radius 1 is 1.83 bits per heavy atom. The molecule has 0 aliphatic rings. The third-order valence-electron chi connectivity index (χ3n) is 1.29. The summed E-state index contributed by atoms with van der Waals surface area (Å²) >= 11 is 0. The minimum absolute atomic E-state index is 0.561. The number of hydrogen-bond acceptors (Lipinski definition) is 4. The van der Waals surface area contributed by atoms with E-state index in [1.54, 1.807) is 6.20 Å². The van der Waals surface area contributed by atoms with Crippen LogP contribution in [0.1, 0.15) is 19.0 Å². The first-order chi connectivity index (χ1) is 5.88. The van der Waals surface area contributed by atoms with Gasteiger partial charge in [0.1, 0.15) is 5.69 Å². The lowest BCUT2D eigenvalue weighted by Gasteiger charge is -1.99. The van der Waals surface area contributed by atoms with Gasteiger partial charge in [0, 0.05) is 6.54 Å². The maximum absolute atomic E-state index is 5.24. The van der Waals surface area contributed by atoms with Gasteiger partial charge in [0.25, 0.3) is 0 Å². The minimum atomic E-state index is 0.561. The van der Waals surface area contributed by atoms with Crippen LogP contribution >= 0.6 is 0 Å². The molecule has 0 atom stereocenters. The van der Waals surface area contributed by atoms with Crippen molar-refractivity contribution in [3.8, 4) is 0 Å². The third-order valence-corrected chi connectivity index (χ3v) is 1.29. The fraction of sp³-hybridized carbons (Fsp3) is 0.500. The molecule has 1 heterocycles. The van der Waals surface area contributed by atoms with E-state index in [-0.39, 0.29) is 0 Å². The molecular formula is C6H12N6. The SMILES string of the molecule is CCCN=C(NN)c1cn[nH]n1. The second-order valence-corrected chi connectivity index (χ2v) is 2.23. The molecule has 0 bridgehead atoms. The van der Waals surface area contributed by atoms with Gasteiger partial charge < -0.3 is 5.43 Å². The number of nitrogens with zero attached hydrogens (tertiary/aromatic N) is 3. The van der Waals surface area contributed by atoms with E-state index in [9.17, 15) is 0 Å². The van der Waals surface area contributed by atoms with Crippen LogP contribution in [0.25, 0.3) is 0 Å². The average molecular weight is 168 g/mol. The molecule has 12 heavy (non-hydrogen) atoms. The summed E-state index contributed by atoms with van der Waals surface area (Å²) in [6.07, 6.45) is 2.54. The highest BCUT2D eigenvalue weighted by Crippen LogP contribution is 1.90. The standard InChI is InChI=1S/C6H12N6/c1-2-3-8-6(10-7)5-4-9-12-11-5/h4H,2-3,7H2,1H3,(H,8,10)(H,9,11,12). The second kappa shape index (κ2) is 4.45. The van der Waals surface area contributed by atoms with Crippen molar-refractivity contribution in [2.75, 3.05) is 6.54 Å². The van der Waals surface area contributed by atoms with E-state index in [1.165, 1.54) is 0 Å². The van der Waals surface area contributed by atoms with E-state index < -0.39 is 0 Å². The molecule has 0 fully saturated rings. The van der Waals surface area contributed by atoms with Crippen molar-refractivity contribution in [2.45, 2.75) is 13.3 Å². The topological polar surface area (TPSA) is 92.0 Å². The molecular weight excluding hydrogens is 156 g/mol. The summed E-state index contributed by atoms with van der Waals surface area (Å²) in [5, 5.41) is 9.96. The van der Waals surface area contributed by atoms with E-state index in [1.807, 2.05) is 6.92 Å². The Morgan fingerprint density at radius 2 is 2.67 bits per heavy atom. The Bertz CT molecular complexity index is 239. The smallest absolute Gasteiger partial charge is 0.165 e. The van der Waals surface area contributed by atoms with Gasteiger partial charge in [-0.3, -0.25) is 4.99 Å². The number of aromatic nitrogens is 3. The number of H-pyrrole nitrogens is 1. The number of aliphatic imine (C=N–C) groups is 1. The lowest BCUT2D eigenvalue weighted by molar-refractivity contribution is 0.896. The highest BCUT2D eigenvalue weighted by Gasteiger charge is 2.02. The lowest BCUT2D eigenvalue weighted by Crippen LogP contribution is -2.31. The Labute approximate surface area is 70.2 Å². The van der Waals surface area contributed by atoms with Crippen LogP contribution in [-0.4, -0.2) is 27.8 Å². The van der Waals surface area contributed by atoms with Crippen molar-refractivity contribution in [1.29, 1.82) is 0 Å². The van der Waals surface area contributed by atoms with Crippen LogP contribution in [0, 0.1) is 0 Å². The summed E-state index contributed by atoms with van der Waals surface area (Å²) in [5.41, 5.74) is 3.10. The van der Waals surface area contributed by atoms with Crippen LogP contribution in [0.3, 0.4) is 0 Å². The molecule has 0 aliphatic carbocycles. The molecule has 0 amide bonds. The highest BCUT2D eigenvalue weighted by atomic mass is 15.3. The number of rotatable bonds is 3. The fourth-order valence-electron chi connectivity index (χ4n) is 0.740. The van der Waals surface area contributed by atoms with Gasteiger partial charge in [-0.2, -0.15) is 15.4 Å². The molecule has 0 saturated carbocycles. The normalized spacial score (nSPS) is 11.7. The molecule has 0 aromatic carbocycles. The number of amidine groups is 1. The van der Waals surface area contributed by atoms with Crippen molar-refractivity contribution < 1.29 is 0 Å². The lowest BCUT2D eigenvalue weighted by atomic mass is 10.4. The second-order valence-electron chi connectivity index (χ2n) is 2.23. The van der Waals surface area contributed by atoms with Gasteiger partial charge in [-0.1, -0.05) is 6.92 Å². The monoisotopic (exact) mass is 168 g/mol. The van der Waals surface area contributed by atoms with Crippen LogP contribution in [0.4, 0.5) is 0 Å². The zero-order valence-electron chi connectivity index (χ0n) is 6.91. The van der Waals surface area contributed by atoms with Crippen molar-refractivity contribution >= 4 is 5.84 Å². The van der Waals surface area contributed by atoms with Crippen LogP contribution in [0.2, 0.25) is 0 Å². The van der Waals surface area contributed by atoms with E-state index in [4.69, 9.17) is 5.84 Å². The number of nitrogens with one attached hydrogen (secondary N) is 2. The van der Waals surface area contributed by atoms with Gasteiger partial charge in [-0.25, -0.2) is 5.84 Å². The maximum Gasteiger partial charge on any atom is 0.165 e. The van der Waals surface area contributed by atoms with Gasteiger partial charge in [0.2, 0.25) is 0 Å². The number of hydrogen-bond donors (Lipinski definition) is 3. The predicted octanol–water partition coefficient (Wildman–Crippen LogP) is -0.575. The fourth-order valence-corrected chi connectivity index (χ4v) is 0.740. The summed E-state index contributed by atoms with van der Waals surface area (Å²) in [7, 11) is 0. The first-order valence-corrected chi connectivity index (χ1v) is 3.75. The van der Waals surface area contributed by atoms with Crippen molar-refractivity contribution in [1.82, 2.24) is 20.8 Å². The molecule has 4 N–H and O–H groups in total. The van der Waals surface area contributed by atoms with Crippen molar-refractivity contribution in [3.63, 3.8) is 0 Å². The quantitative estimate of drug-likeness (QED) is 0.244. The molecule has 0 radical (unpaired) electrons. The van der Waals surface area contributed by atoms with Gasteiger partial charge in [-0.15, -0.1) is 0 Å². The van der Waals surface area contributed by atoms with E-state index in [0.29, 0.717) is 11.5 Å². The van der Waals surface area contributed by atoms with Gasteiger partial charge in [0.05, 0.1) is 6.20 Å². The zero-order chi connectivity index (χ0) is 8.81. The van der Waals surface area contributed by atoms with E-state index in [2.05, 4.69) is 25.8 Å². The first-order valence-electron chi connectivity index (χ1n) is 3.75. The molecule has 6 nitrogen and oxygen atoms in total. The Kier molecular flexibility index (Phi) is 3.21. The van der Waals surface area contributed by atoms with Crippen molar-refractivity contribution in [3.05, 3.63) is 11.9 Å². The molecule has 66 valence electrons. The Hall–Kier alpha value is -1.43.